The second-order valence-electron chi connectivity index (χ2n) is 4.59. The first-order valence-electron chi connectivity index (χ1n) is 6.29. The minimum absolute atomic E-state index is 0.283. The second-order valence-corrected chi connectivity index (χ2v) is 4.59. The van der Waals surface area contributed by atoms with Crippen molar-refractivity contribution in [1.29, 1.82) is 0 Å². The standard InChI is InChI=1S/C12H19NO8/c1-5(14)18-4-8-10(19-6(2)15)11(20-7(3)16)9(13)12(17)21-8/h8-12,17H,4,13H2,1-3H3/t8?,9-,10-,11?,12?/m0/s1. The molecule has 9 nitrogen and oxygen atoms in total. The van der Waals surface area contributed by atoms with Crippen LogP contribution in [0.25, 0.3) is 0 Å². The molecule has 1 rings (SSSR count). The number of esters is 3. The van der Waals surface area contributed by atoms with Gasteiger partial charge in [0.25, 0.3) is 0 Å². The summed E-state index contributed by atoms with van der Waals surface area (Å²) >= 11 is 0. The highest BCUT2D eigenvalue weighted by molar-refractivity contribution is 5.67. The number of hydrogen-bond acceptors (Lipinski definition) is 9. The van der Waals surface area contributed by atoms with Crippen molar-refractivity contribution in [1.82, 2.24) is 0 Å². The number of nitrogens with two attached hydrogens (primary N) is 1. The van der Waals surface area contributed by atoms with Gasteiger partial charge in [-0.3, -0.25) is 14.4 Å². The third kappa shape index (κ3) is 4.96. The number of rotatable bonds is 4. The second kappa shape index (κ2) is 7.34. The predicted molar refractivity (Wildman–Crippen MR) is 66.6 cm³/mol. The van der Waals surface area contributed by atoms with Crippen LogP contribution >= 0.6 is 0 Å². The SMILES string of the molecule is CC(=O)OCC1OC(O)[C@@H](N)C(OC(C)=O)[C@H]1OC(C)=O. The molecule has 0 aliphatic carbocycles. The van der Waals surface area contributed by atoms with Crippen molar-refractivity contribution in [2.75, 3.05) is 6.61 Å². The average Bonchev–Trinajstić information content (AvgIpc) is 2.35. The van der Waals surface area contributed by atoms with E-state index in [2.05, 4.69) is 0 Å². The Kier molecular flexibility index (Phi) is 6.06. The summed E-state index contributed by atoms with van der Waals surface area (Å²) in [6, 6.07) is -1.10. The minimum atomic E-state index is -1.46. The van der Waals surface area contributed by atoms with E-state index in [0.29, 0.717) is 0 Å². The lowest BCUT2D eigenvalue weighted by Gasteiger charge is -2.41. The van der Waals surface area contributed by atoms with Crippen LogP contribution in [0.4, 0.5) is 0 Å². The van der Waals surface area contributed by atoms with Gasteiger partial charge in [0.1, 0.15) is 12.7 Å². The van der Waals surface area contributed by atoms with Crippen LogP contribution in [0.15, 0.2) is 0 Å². The number of aliphatic hydroxyl groups is 1. The zero-order chi connectivity index (χ0) is 16.2. The monoisotopic (exact) mass is 305 g/mol. The van der Waals surface area contributed by atoms with E-state index in [1.54, 1.807) is 0 Å². The molecule has 9 heteroatoms. The molecule has 3 unspecified atom stereocenters. The van der Waals surface area contributed by atoms with Crippen molar-refractivity contribution in [3.05, 3.63) is 0 Å². The molecular weight excluding hydrogens is 286 g/mol. The summed E-state index contributed by atoms with van der Waals surface area (Å²) in [5, 5.41) is 9.73. The van der Waals surface area contributed by atoms with E-state index in [1.807, 2.05) is 0 Å². The highest BCUT2D eigenvalue weighted by Crippen LogP contribution is 2.24. The molecular formula is C12H19NO8. The molecule has 0 radical (unpaired) electrons. The highest BCUT2D eigenvalue weighted by atomic mass is 16.7. The molecule has 0 aromatic carbocycles. The third-order valence-corrected chi connectivity index (χ3v) is 2.77. The Labute approximate surface area is 121 Å². The summed E-state index contributed by atoms with van der Waals surface area (Å²) in [6.07, 6.45) is -4.67. The molecule has 1 heterocycles. The quantitative estimate of drug-likeness (QED) is 0.468. The van der Waals surface area contributed by atoms with E-state index in [1.165, 1.54) is 6.92 Å². The first kappa shape index (κ1) is 17.3. The smallest absolute Gasteiger partial charge is 0.303 e. The first-order chi connectivity index (χ1) is 9.72. The fourth-order valence-corrected chi connectivity index (χ4v) is 1.95. The normalized spacial score (nSPS) is 32.1. The van der Waals surface area contributed by atoms with Crippen molar-refractivity contribution >= 4 is 17.9 Å². The van der Waals surface area contributed by atoms with Gasteiger partial charge in [0.2, 0.25) is 0 Å². The summed E-state index contributed by atoms with van der Waals surface area (Å²) in [5.41, 5.74) is 5.70. The van der Waals surface area contributed by atoms with E-state index in [9.17, 15) is 19.5 Å². The Morgan fingerprint density at radius 3 is 2.05 bits per heavy atom. The maximum absolute atomic E-state index is 11.2. The maximum Gasteiger partial charge on any atom is 0.303 e. The zero-order valence-electron chi connectivity index (χ0n) is 12.0. The van der Waals surface area contributed by atoms with Crippen molar-refractivity contribution in [2.45, 2.75) is 51.4 Å². The molecule has 21 heavy (non-hydrogen) atoms. The van der Waals surface area contributed by atoms with E-state index in [4.69, 9.17) is 24.7 Å². The molecule has 1 fully saturated rings. The molecule has 0 amide bonds. The van der Waals surface area contributed by atoms with Gasteiger partial charge in [-0.1, -0.05) is 0 Å². The molecule has 3 N–H and O–H groups in total. The van der Waals surface area contributed by atoms with Gasteiger partial charge >= 0.3 is 17.9 Å². The van der Waals surface area contributed by atoms with Gasteiger partial charge in [0.05, 0.1) is 6.04 Å². The van der Waals surface area contributed by atoms with Crippen LogP contribution in [0.1, 0.15) is 20.8 Å². The van der Waals surface area contributed by atoms with Gasteiger partial charge in [-0.25, -0.2) is 0 Å². The van der Waals surface area contributed by atoms with E-state index < -0.39 is 48.6 Å². The topological polar surface area (TPSA) is 134 Å². The summed E-state index contributed by atoms with van der Waals surface area (Å²) in [4.78, 5) is 33.2. The Balaban J connectivity index is 2.94. The van der Waals surface area contributed by atoms with Gasteiger partial charge in [-0.05, 0) is 0 Å². The van der Waals surface area contributed by atoms with E-state index in [-0.39, 0.29) is 6.61 Å². The lowest BCUT2D eigenvalue weighted by atomic mass is 9.97. The van der Waals surface area contributed by atoms with Gasteiger partial charge in [0, 0.05) is 20.8 Å². The lowest BCUT2D eigenvalue weighted by Crippen LogP contribution is -2.64. The average molecular weight is 305 g/mol. The maximum atomic E-state index is 11.2. The lowest BCUT2D eigenvalue weighted by molar-refractivity contribution is -0.260. The van der Waals surface area contributed by atoms with E-state index in [0.717, 1.165) is 13.8 Å². The summed E-state index contributed by atoms with van der Waals surface area (Å²) in [5.74, 6) is -1.89. The Morgan fingerprint density at radius 2 is 1.57 bits per heavy atom. The number of aliphatic hydroxyl groups excluding tert-OH is 1. The van der Waals surface area contributed by atoms with Crippen LogP contribution in [0.5, 0.6) is 0 Å². The minimum Gasteiger partial charge on any atom is -0.463 e. The first-order valence-corrected chi connectivity index (χ1v) is 6.29. The summed E-state index contributed by atoms with van der Waals surface area (Å²) < 4.78 is 20.0. The number of ether oxygens (including phenoxy) is 4. The molecule has 1 aliphatic rings. The molecule has 120 valence electrons. The van der Waals surface area contributed by atoms with Crippen molar-refractivity contribution in [2.24, 2.45) is 5.73 Å². The van der Waals surface area contributed by atoms with Gasteiger partial charge in [-0.15, -0.1) is 0 Å². The van der Waals surface area contributed by atoms with Crippen LogP contribution in [0.3, 0.4) is 0 Å². The van der Waals surface area contributed by atoms with Crippen LogP contribution in [0, 0.1) is 0 Å². The molecule has 0 saturated carbocycles. The van der Waals surface area contributed by atoms with Crippen molar-refractivity contribution in [3.63, 3.8) is 0 Å². The van der Waals surface area contributed by atoms with Crippen LogP contribution in [-0.2, 0) is 33.3 Å². The Hall–Kier alpha value is -1.71. The van der Waals surface area contributed by atoms with Crippen molar-refractivity contribution < 1.29 is 38.4 Å². The number of carbonyl (C=O) groups is 3. The fraction of sp³-hybridized carbons (Fsp3) is 0.750. The molecule has 0 aromatic heterocycles. The molecule has 0 aromatic rings. The van der Waals surface area contributed by atoms with Gasteiger partial charge in [0.15, 0.2) is 18.5 Å². The predicted octanol–water partition coefficient (Wildman–Crippen LogP) is -1.54. The highest BCUT2D eigenvalue weighted by Gasteiger charge is 2.48. The summed E-state index contributed by atoms with van der Waals surface area (Å²) in [7, 11) is 0. The largest absolute Gasteiger partial charge is 0.463 e. The fourth-order valence-electron chi connectivity index (χ4n) is 1.95. The molecule has 0 spiro atoms. The molecule has 1 saturated heterocycles. The number of hydrogen-bond donors (Lipinski definition) is 2. The van der Waals surface area contributed by atoms with Crippen LogP contribution in [-0.4, -0.2) is 60.3 Å². The molecule has 1 aliphatic heterocycles. The Bertz CT molecular complexity index is 412. The molecule has 0 bridgehead atoms. The van der Waals surface area contributed by atoms with Crippen LogP contribution in [0.2, 0.25) is 0 Å². The van der Waals surface area contributed by atoms with Crippen molar-refractivity contribution in [3.8, 4) is 0 Å². The van der Waals surface area contributed by atoms with E-state index >= 15 is 0 Å². The summed E-state index contributed by atoms with van der Waals surface area (Å²) in [6.45, 7) is 3.22. The zero-order valence-corrected chi connectivity index (χ0v) is 12.0. The van der Waals surface area contributed by atoms with Crippen LogP contribution < -0.4 is 5.73 Å². The molecule has 5 atom stereocenters. The Morgan fingerprint density at radius 1 is 1.05 bits per heavy atom. The number of carbonyl (C=O) groups excluding carboxylic acids is 3. The van der Waals surface area contributed by atoms with Gasteiger partial charge < -0.3 is 29.8 Å². The van der Waals surface area contributed by atoms with Gasteiger partial charge in [-0.2, -0.15) is 0 Å². The third-order valence-electron chi connectivity index (χ3n) is 2.77.